The lowest BCUT2D eigenvalue weighted by Gasteiger charge is -2.09. The van der Waals surface area contributed by atoms with E-state index in [2.05, 4.69) is 17.3 Å². The predicted molar refractivity (Wildman–Crippen MR) is 72.4 cm³/mol. The molecule has 0 aliphatic heterocycles. The summed E-state index contributed by atoms with van der Waals surface area (Å²) in [6.45, 7) is 6.66. The van der Waals surface area contributed by atoms with Gasteiger partial charge in [-0.1, -0.05) is 0 Å². The molecule has 1 rings (SSSR count). The number of aromatic nitrogens is 2. The molecule has 0 radical (unpaired) electrons. The first-order chi connectivity index (χ1) is 7.97. The SMILES string of the molecule is CSC(C)C(=O)NCCc1c(C)nn(C)c1C. The summed E-state index contributed by atoms with van der Waals surface area (Å²) < 4.78 is 1.89. The maximum absolute atomic E-state index is 11.6. The van der Waals surface area contributed by atoms with Crippen molar-refractivity contribution in [2.45, 2.75) is 32.4 Å². The van der Waals surface area contributed by atoms with E-state index in [0.717, 1.165) is 12.1 Å². The van der Waals surface area contributed by atoms with Crippen LogP contribution in [0.2, 0.25) is 0 Å². The summed E-state index contributed by atoms with van der Waals surface area (Å²) in [5.74, 6) is 0.108. The minimum absolute atomic E-state index is 0.0195. The molecule has 0 saturated heterocycles. The zero-order valence-corrected chi connectivity index (χ0v) is 12.0. The van der Waals surface area contributed by atoms with Crippen molar-refractivity contribution in [1.29, 1.82) is 0 Å². The number of hydrogen-bond donors (Lipinski definition) is 1. The van der Waals surface area contributed by atoms with Crippen molar-refractivity contribution in [3.05, 3.63) is 17.0 Å². The number of thioether (sulfide) groups is 1. The second-order valence-electron chi connectivity index (χ2n) is 4.19. The predicted octanol–water partition coefficient (Wildman–Crippen LogP) is 1.45. The smallest absolute Gasteiger partial charge is 0.232 e. The molecule has 1 aromatic heterocycles. The summed E-state index contributed by atoms with van der Waals surface area (Å²) in [5, 5.41) is 7.33. The highest BCUT2D eigenvalue weighted by Crippen LogP contribution is 2.12. The van der Waals surface area contributed by atoms with Crippen molar-refractivity contribution in [1.82, 2.24) is 15.1 Å². The van der Waals surface area contributed by atoms with Crippen LogP contribution in [0.1, 0.15) is 23.9 Å². The molecule has 0 aromatic carbocycles. The minimum Gasteiger partial charge on any atom is -0.355 e. The Kier molecular flexibility index (Phi) is 5.05. The van der Waals surface area contributed by atoms with Gasteiger partial charge in [-0.05, 0) is 39.0 Å². The van der Waals surface area contributed by atoms with Gasteiger partial charge in [-0.25, -0.2) is 0 Å². The zero-order valence-electron chi connectivity index (χ0n) is 11.2. The molecular weight excluding hydrogens is 234 g/mol. The Morgan fingerprint density at radius 2 is 2.18 bits per heavy atom. The molecule has 0 fully saturated rings. The number of amides is 1. The van der Waals surface area contributed by atoms with Crippen molar-refractivity contribution < 1.29 is 4.79 Å². The van der Waals surface area contributed by atoms with Crippen LogP contribution < -0.4 is 5.32 Å². The standard InChI is InChI=1S/C12H21N3OS/c1-8-11(9(2)15(4)14-8)6-7-13-12(16)10(3)17-5/h10H,6-7H2,1-5H3,(H,13,16). The van der Waals surface area contributed by atoms with Gasteiger partial charge in [-0.3, -0.25) is 9.48 Å². The fourth-order valence-electron chi connectivity index (χ4n) is 1.74. The van der Waals surface area contributed by atoms with Crippen molar-refractivity contribution in [2.75, 3.05) is 12.8 Å². The molecule has 5 heteroatoms. The van der Waals surface area contributed by atoms with Crippen LogP contribution in [0, 0.1) is 13.8 Å². The van der Waals surface area contributed by atoms with E-state index in [1.54, 1.807) is 11.8 Å². The fraction of sp³-hybridized carbons (Fsp3) is 0.667. The fourth-order valence-corrected chi connectivity index (χ4v) is 2.04. The van der Waals surface area contributed by atoms with E-state index in [4.69, 9.17) is 0 Å². The summed E-state index contributed by atoms with van der Waals surface area (Å²) in [4.78, 5) is 11.6. The van der Waals surface area contributed by atoms with Gasteiger partial charge in [0, 0.05) is 19.3 Å². The quantitative estimate of drug-likeness (QED) is 0.866. The summed E-state index contributed by atoms with van der Waals surface area (Å²) in [5.41, 5.74) is 3.47. The second-order valence-corrected chi connectivity index (χ2v) is 5.37. The van der Waals surface area contributed by atoms with Gasteiger partial charge in [-0.2, -0.15) is 16.9 Å². The molecule has 0 saturated carbocycles. The van der Waals surface area contributed by atoms with Gasteiger partial charge in [0.1, 0.15) is 0 Å². The maximum Gasteiger partial charge on any atom is 0.232 e. The molecule has 0 bridgehead atoms. The van der Waals surface area contributed by atoms with Gasteiger partial charge in [0.2, 0.25) is 5.91 Å². The van der Waals surface area contributed by atoms with Crippen LogP contribution in [0.25, 0.3) is 0 Å². The molecule has 0 aliphatic rings. The summed E-state index contributed by atoms with van der Waals surface area (Å²) >= 11 is 1.56. The van der Waals surface area contributed by atoms with Crippen LogP contribution in [0.4, 0.5) is 0 Å². The van der Waals surface area contributed by atoms with Crippen molar-refractivity contribution in [2.24, 2.45) is 7.05 Å². The Labute approximate surface area is 107 Å². The van der Waals surface area contributed by atoms with Crippen LogP contribution in [0.15, 0.2) is 0 Å². The van der Waals surface area contributed by atoms with Gasteiger partial charge in [0.05, 0.1) is 10.9 Å². The third kappa shape index (κ3) is 3.49. The second kappa shape index (κ2) is 6.10. The first kappa shape index (κ1) is 14.1. The normalized spacial score (nSPS) is 12.5. The first-order valence-electron chi connectivity index (χ1n) is 5.77. The van der Waals surface area contributed by atoms with E-state index in [1.165, 1.54) is 11.3 Å². The molecule has 1 amide bonds. The number of nitrogens with zero attached hydrogens (tertiary/aromatic N) is 2. The number of nitrogens with one attached hydrogen (secondary N) is 1. The molecule has 1 aromatic rings. The molecule has 17 heavy (non-hydrogen) atoms. The van der Waals surface area contributed by atoms with Crippen LogP contribution >= 0.6 is 11.8 Å². The van der Waals surface area contributed by atoms with E-state index < -0.39 is 0 Å². The molecule has 1 N–H and O–H groups in total. The lowest BCUT2D eigenvalue weighted by molar-refractivity contribution is -0.120. The number of aryl methyl sites for hydroxylation is 2. The average Bonchev–Trinajstić information content (AvgIpc) is 2.54. The van der Waals surface area contributed by atoms with Crippen molar-refractivity contribution in [3.63, 3.8) is 0 Å². The highest BCUT2D eigenvalue weighted by molar-refractivity contribution is 7.99. The summed E-state index contributed by atoms with van der Waals surface area (Å²) in [7, 11) is 1.94. The molecule has 4 nitrogen and oxygen atoms in total. The van der Waals surface area contributed by atoms with E-state index >= 15 is 0 Å². The highest BCUT2D eigenvalue weighted by atomic mass is 32.2. The molecule has 96 valence electrons. The van der Waals surface area contributed by atoms with Crippen LogP contribution in [0.5, 0.6) is 0 Å². The Morgan fingerprint density at radius 3 is 2.65 bits per heavy atom. The average molecular weight is 255 g/mol. The molecule has 0 aliphatic carbocycles. The van der Waals surface area contributed by atoms with Crippen LogP contribution in [-0.2, 0) is 18.3 Å². The molecule has 0 spiro atoms. The topological polar surface area (TPSA) is 46.9 Å². The lowest BCUT2D eigenvalue weighted by atomic mass is 10.1. The molecular formula is C12H21N3OS. The summed E-state index contributed by atoms with van der Waals surface area (Å²) in [6, 6.07) is 0. The first-order valence-corrected chi connectivity index (χ1v) is 7.05. The largest absolute Gasteiger partial charge is 0.355 e. The monoisotopic (exact) mass is 255 g/mol. The Balaban J connectivity index is 2.49. The van der Waals surface area contributed by atoms with E-state index in [9.17, 15) is 4.79 Å². The molecule has 1 unspecified atom stereocenters. The van der Waals surface area contributed by atoms with Crippen LogP contribution in [-0.4, -0.2) is 33.7 Å². The van der Waals surface area contributed by atoms with Gasteiger partial charge in [0.15, 0.2) is 0 Å². The molecule has 1 atom stereocenters. The Bertz CT molecular complexity index is 401. The van der Waals surface area contributed by atoms with Gasteiger partial charge >= 0.3 is 0 Å². The van der Waals surface area contributed by atoms with Gasteiger partial charge in [0.25, 0.3) is 0 Å². The van der Waals surface area contributed by atoms with Crippen molar-refractivity contribution >= 4 is 17.7 Å². The van der Waals surface area contributed by atoms with Gasteiger partial charge < -0.3 is 5.32 Å². The number of rotatable bonds is 5. The van der Waals surface area contributed by atoms with Gasteiger partial charge in [-0.15, -0.1) is 0 Å². The number of carbonyl (C=O) groups is 1. The summed E-state index contributed by atoms with van der Waals surface area (Å²) in [6.07, 6.45) is 2.79. The molecule has 1 heterocycles. The van der Waals surface area contributed by atoms with E-state index in [-0.39, 0.29) is 11.2 Å². The van der Waals surface area contributed by atoms with E-state index in [1.807, 2.05) is 31.8 Å². The number of carbonyl (C=O) groups excluding carboxylic acids is 1. The highest BCUT2D eigenvalue weighted by Gasteiger charge is 2.12. The lowest BCUT2D eigenvalue weighted by Crippen LogP contribution is -2.32. The Hall–Kier alpha value is -0.970. The number of hydrogen-bond acceptors (Lipinski definition) is 3. The zero-order chi connectivity index (χ0) is 13.0. The third-order valence-corrected chi connectivity index (χ3v) is 3.98. The third-order valence-electron chi connectivity index (χ3n) is 3.06. The van der Waals surface area contributed by atoms with Crippen molar-refractivity contribution in [3.8, 4) is 0 Å². The maximum atomic E-state index is 11.6. The Morgan fingerprint density at radius 1 is 1.53 bits per heavy atom. The minimum atomic E-state index is 0.0195. The van der Waals surface area contributed by atoms with E-state index in [0.29, 0.717) is 6.54 Å². The van der Waals surface area contributed by atoms with Crippen LogP contribution in [0.3, 0.4) is 0 Å².